The third kappa shape index (κ3) is 5.55. The maximum atomic E-state index is 13.9. The van der Waals surface area contributed by atoms with Crippen LogP contribution in [0, 0.1) is 20.8 Å². The lowest BCUT2D eigenvalue weighted by atomic mass is 10.1. The van der Waals surface area contributed by atoms with Gasteiger partial charge < -0.3 is 15.0 Å². The minimum Gasteiger partial charge on any atom is -0.508 e. The molecule has 0 aliphatic rings. The summed E-state index contributed by atoms with van der Waals surface area (Å²) >= 11 is 0. The predicted octanol–water partition coefficient (Wildman–Crippen LogP) is 5.44. The lowest BCUT2D eigenvalue weighted by Crippen LogP contribution is -2.18. The van der Waals surface area contributed by atoms with Crippen LogP contribution in [0.1, 0.15) is 54.9 Å². The third-order valence-electron chi connectivity index (χ3n) is 4.81. The highest BCUT2D eigenvalue weighted by atomic mass is 31.2. The second-order valence-corrected chi connectivity index (χ2v) is 10.7. The maximum Gasteiger partial charge on any atom is 0.223 e. The Labute approximate surface area is 163 Å². The zero-order valence-corrected chi connectivity index (χ0v) is 18.0. The largest absolute Gasteiger partial charge is 0.508 e. The summed E-state index contributed by atoms with van der Waals surface area (Å²) in [6.45, 7) is 10.5. The molecule has 5 nitrogen and oxygen atoms in total. The number of hydrogen-bond donors (Lipinski definition) is 2. The fraction of sp³-hybridized carbons (Fsp3) is 0.524. The van der Waals surface area contributed by atoms with Gasteiger partial charge in [-0.05, 0) is 56.9 Å². The van der Waals surface area contributed by atoms with Crippen molar-refractivity contribution in [1.82, 2.24) is 9.97 Å². The third-order valence-corrected chi connectivity index (χ3v) is 8.84. The highest BCUT2D eigenvalue weighted by Gasteiger charge is 2.33. The van der Waals surface area contributed by atoms with Crippen LogP contribution in [0.15, 0.2) is 24.3 Å². The van der Waals surface area contributed by atoms with E-state index in [4.69, 9.17) is 0 Å². The Balaban J connectivity index is 2.38. The van der Waals surface area contributed by atoms with E-state index in [1.807, 2.05) is 39.0 Å². The number of phenolic OH excluding ortho intramolecular Hbond substituents is 1. The highest BCUT2D eigenvalue weighted by Crippen LogP contribution is 2.60. The summed E-state index contributed by atoms with van der Waals surface area (Å²) in [6.07, 6.45) is 3.23. The number of benzene rings is 1. The van der Waals surface area contributed by atoms with E-state index < -0.39 is 7.14 Å². The van der Waals surface area contributed by atoms with E-state index in [0.717, 1.165) is 47.7 Å². The van der Waals surface area contributed by atoms with Crippen molar-refractivity contribution in [2.24, 2.45) is 0 Å². The summed E-state index contributed by atoms with van der Waals surface area (Å²) in [5.74, 6) is 0.844. The van der Waals surface area contributed by atoms with Crippen molar-refractivity contribution >= 4 is 13.1 Å². The van der Waals surface area contributed by atoms with E-state index in [2.05, 4.69) is 29.1 Å². The molecular formula is C21H32N3O2P. The van der Waals surface area contributed by atoms with Crippen molar-refractivity contribution in [3.05, 3.63) is 46.8 Å². The van der Waals surface area contributed by atoms with Crippen LogP contribution in [0.4, 0.5) is 5.95 Å². The van der Waals surface area contributed by atoms with Gasteiger partial charge in [0.25, 0.3) is 0 Å². The molecule has 27 heavy (non-hydrogen) atoms. The van der Waals surface area contributed by atoms with Crippen molar-refractivity contribution in [3.63, 3.8) is 0 Å². The van der Waals surface area contributed by atoms with E-state index in [1.165, 1.54) is 0 Å². The van der Waals surface area contributed by atoms with Crippen LogP contribution in [0.5, 0.6) is 5.75 Å². The van der Waals surface area contributed by atoms with Gasteiger partial charge >= 0.3 is 0 Å². The molecule has 2 rings (SSSR count). The monoisotopic (exact) mass is 389 g/mol. The van der Waals surface area contributed by atoms with Gasteiger partial charge in [0.1, 0.15) is 5.75 Å². The predicted molar refractivity (Wildman–Crippen MR) is 114 cm³/mol. The van der Waals surface area contributed by atoms with Crippen LogP contribution in [0.3, 0.4) is 0 Å². The number of nitrogens with zero attached hydrogens (tertiary/aromatic N) is 2. The Morgan fingerprint density at radius 3 is 2.15 bits per heavy atom. The van der Waals surface area contributed by atoms with E-state index in [1.54, 1.807) is 6.07 Å². The first-order chi connectivity index (χ1) is 12.8. The molecule has 1 unspecified atom stereocenters. The number of nitrogens with one attached hydrogen (secondary N) is 1. The van der Waals surface area contributed by atoms with Crippen LogP contribution in [0.25, 0.3) is 0 Å². The molecule has 1 atom stereocenters. The second kappa shape index (κ2) is 9.36. The lowest BCUT2D eigenvalue weighted by molar-refractivity contribution is 0.470. The Kier molecular flexibility index (Phi) is 7.43. The molecular weight excluding hydrogens is 357 g/mol. The molecule has 0 amide bonds. The number of anilines is 1. The molecule has 148 valence electrons. The first-order valence-electron chi connectivity index (χ1n) is 9.72. The van der Waals surface area contributed by atoms with Gasteiger partial charge in [0, 0.05) is 30.3 Å². The number of hydrogen-bond acceptors (Lipinski definition) is 5. The summed E-state index contributed by atoms with van der Waals surface area (Å²) in [6, 6.07) is 7.50. The zero-order valence-electron chi connectivity index (χ0n) is 17.1. The Morgan fingerprint density at radius 2 is 1.63 bits per heavy atom. The van der Waals surface area contributed by atoms with Crippen LogP contribution < -0.4 is 5.32 Å². The van der Waals surface area contributed by atoms with Gasteiger partial charge in [-0.15, -0.1) is 0 Å². The second-order valence-electron chi connectivity index (χ2n) is 7.32. The standard InChI is InChI=1S/C21H32N3O2P/c1-6-10-27(26,11-7-2)20(18-8-9-19(25)15(3)12-18)14-22-21-23-16(4)13-17(5)24-21/h8-9,12-13,20,25H,6-7,10-11,14H2,1-5H3,(H,22,23,24). The molecule has 1 heterocycles. The molecule has 0 saturated heterocycles. The first-order valence-corrected chi connectivity index (χ1v) is 11.9. The van der Waals surface area contributed by atoms with Crippen molar-refractivity contribution in [2.75, 3.05) is 24.2 Å². The molecule has 2 N–H and O–H groups in total. The quantitative estimate of drug-likeness (QED) is 0.558. The number of rotatable bonds is 9. The number of aryl methyl sites for hydroxylation is 3. The highest BCUT2D eigenvalue weighted by molar-refractivity contribution is 7.64. The fourth-order valence-corrected chi connectivity index (χ4v) is 7.10. The number of aromatic hydroxyl groups is 1. The molecule has 1 aromatic carbocycles. The van der Waals surface area contributed by atoms with Crippen molar-refractivity contribution in [1.29, 1.82) is 0 Å². The Bertz CT molecular complexity index is 793. The van der Waals surface area contributed by atoms with E-state index in [9.17, 15) is 9.67 Å². The Hall–Kier alpha value is -1.87. The molecule has 0 radical (unpaired) electrons. The fourth-order valence-electron chi connectivity index (χ4n) is 3.62. The number of phenols is 1. The Morgan fingerprint density at radius 1 is 1.04 bits per heavy atom. The van der Waals surface area contributed by atoms with Crippen molar-refractivity contribution in [2.45, 2.75) is 53.1 Å². The lowest BCUT2D eigenvalue weighted by Gasteiger charge is -2.29. The zero-order chi connectivity index (χ0) is 20.0. The molecule has 2 aromatic rings. The molecule has 0 saturated carbocycles. The van der Waals surface area contributed by atoms with Gasteiger partial charge in [0.2, 0.25) is 5.95 Å². The smallest absolute Gasteiger partial charge is 0.223 e. The van der Waals surface area contributed by atoms with Crippen LogP contribution in [-0.2, 0) is 4.57 Å². The molecule has 0 bridgehead atoms. The maximum absolute atomic E-state index is 13.9. The van der Waals surface area contributed by atoms with E-state index >= 15 is 0 Å². The normalized spacial score (nSPS) is 12.8. The van der Waals surface area contributed by atoms with Gasteiger partial charge in [-0.3, -0.25) is 0 Å². The summed E-state index contributed by atoms with van der Waals surface area (Å²) in [5.41, 5.74) is 3.51. The van der Waals surface area contributed by atoms with Crippen LogP contribution >= 0.6 is 7.14 Å². The number of aromatic nitrogens is 2. The summed E-state index contributed by atoms with van der Waals surface area (Å²) < 4.78 is 13.9. The van der Waals surface area contributed by atoms with Gasteiger partial charge in [-0.2, -0.15) is 0 Å². The van der Waals surface area contributed by atoms with Crippen molar-refractivity contribution in [3.8, 4) is 5.75 Å². The van der Waals surface area contributed by atoms with Crippen molar-refractivity contribution < 1.29 is 9.67 Å². The van der Waals surface area contributed by atoms with Gasteiger partial charge in [0.15, 0.2) is 0 Å². The average molecular weight is 389 g/mol. The molecule has 6 heteroatoms. The summed E-state index contributed by atoms with van der Waals surface area (Å²) in [5, 5.41) is 13.2. The first kappa shape index (κ1) is 21.4. The van der Waals surface area contributed by atoms with E-state index in [-0.39, 0.29) is 11.4 Å². The van der Waals surface area contributed by atoms with Gasteiger partial charge in [-0.25, -0.2) is 9.97 Å². The minimum absolute atomic E-state index is 0.124. The summed E-state index contributed by atoms with van der Waals surface area (Å²) in [4.78, 5) is 8.91. The molecule has 0 fully saturated rings. The molecule has 0 aliphatic carbocycles. The van der Waals surface area contributed by atoms with Crippen LogP contribution in [-0.4, -0.2) is 33.9 Å². The van der Waals surface area contributed by atoms with Gasteiger partial charge in [-0.1, -0.05) is 26.0 Å². The minimum atomic E-state index is -2.45. The molecule has 0 spiro atoms. The van der Waals surface area contributed by atoms with E-state index in [0.29, 0.717) is 12.5 Å². The molecule has 0 aliphatic heterocycles. The topological polar surface area (TPSA) is 75.1 Å². The average Bonchev–Trinajstić information content (AvgIpc) is 2.57. The molecule has 1 aromatic heterocycles. The van der Waals surface area contributed by atoms with Gasteiger partial charge in [0.05, 0.1) is 12.8 Å². The van der Waals surface area contributed by atoms with Crippen LogP contribution in [0.2, 0.25) is 0 Å². The summed E-state index contributed by atoms with van der Waals surface area (Å²) in [7, 11) is -2.45. The SMILES string of the molecule is CCCP(=O)(CCC)C(CNc1nc(C)cc(C)n1)c1ccc(O)c(C)c1.